The summed E-state index contributed by atoms with van der Waals surface area (Å²) in [6, 6.07) is 14.6. The minimum Gasteiger partial charge on any atom is -0.491 e. The Balaban J connectivity index is 1.55. The van der Waals surface area contributed by atoms with Gasteiger partial charge in [-0.15, -0.1) is 0 Å². The number of rotatable bonds is 5. The number of ether oxygens (including phenoxy) is 2. The lowest BCUT2D eigenvalue weighted by Crippen LogP contribution is -2.16. The summed E-state index contributed by atoms with van der Waals surface area (Å²) in [6.45, 7) is 1.38. The van der Waals surface area contributed by atoms with E-state index in [4.69, 9.17) is 9.47 Å². The second-order valence-corrected chi connectivity index (χ2v) is 6.35. The van der Waals surface area contributed by atoms with E-state index in [1.54, 1.807) is 12.1 Å². The van der Waals surface area contributed by atoms with E-state index in [1.165, 1.54) is 0 Å². The number of benzene rings is 2. The fourth-order valence-corrected chi connectivity index (χ4v) is 2.67. The molecule has 0 radical (unpaired) electrons. The first kappa shape index (κ1) is 16.0. The number of hydrogen-bond acceptors (Lipinski definition) is 3. The van der Waals surface area contributed by atoms with Crippen LogP contribution in [0, 0.1) is 0 Å². The quantitative estimate of drug-likeness (QED) is 0.848. The number of halogens is 1. The zero-order valence-corrected chi connectivity index (χ0v) is 14.2. The third-order valence-corrected chi connectivity index (χ3v) is 4.21. The van der Waals surface area contributed by atoms with E-state index < -0.39 is 0 Å². The first-order valence-electron chi connectivity index (χ1n) is 7.62. The van der Waals surface area contributed by atoms with Crippen LogP contribution in [0.5, 0.6) is 5.75 Å². The Morgan fingerprint density at radius 2 is 1.91 bits per heavy atom. The molecule has 23 heavy (non-hydrogen) atoms. The zero-order valence-electron chi connectivity index (χ0n) is 12.6. The lowest BCUT2D eigenvalue weighted by molar-refractivity contribution is 0.0679. The molecule has 1 saturated heterocycles. The summed E-state index contributed by atoms with van der Waals surface area (Å²) in [5, 5.41) is 2.86. The molecule has 1 aliphatic rings. The highest BCUT2D eigenvalue weighted by atomic mass is 79.9. The maximum atomic E-state index is 12.2. The second-order valence-electron chi connectivity index (χ2n) is 5.43. The molecule has 2 aromatic rings. The molecule has 3 rings (SSSR count). The normalized spacial score (nSPS) is 17.0. The van der Waals surface area contributed by atoms with Crippen molar-refractivity contribution in [2.45, 2.75) is 18.9 Å². The van der Waals surface area contributed by atoms with Gasteiger partial charge in [0.05, 0.1) is 6.10 Å². The van der Waals surface area contributed by atoms with Crippen LogP contribution in [0.1, 0.15) is 23.2 Å². The fraction of sp³-hybridized carbons (Fsp3) is 0.278. The van der Waals surface area contributed by atoms with Gasteiger partial charge in [-0.2, -0.15) is 0 Å². The van der Waals surface area contributed by atoms with Crippen molar-refractivity contribution >= 4 is 27.5 Å². The van der Waals surface area contributed by atoms with Gasteiger partial charge >= 0.3 is 0 Å². The first-order chi connectivity index (χ1) is 11.2. The molecule has 0 aliphatic carbocycles. The van der Waals surface area contributed by atoms with Gasteiger partial charge < -0.3 is 14.8 Å². The van der Waals surface area contributed by atoms with Crippen molar-refractivity contribution in [3.05, 3.63) is 58.6 Å². The molecule has 1 atom stereocenters. The van der Waals surface area contributed by atoms with Crippen LogP contribution < -0.4 is 10.1 Å². The summed E-state index contributed by atoms with van der Waals surface area (Å²) >= 11 is 3.37. The zero-order chi connectivity index (χ0) is 16.1. The van der Waals surface area contributed by atoms with Gasteiger partial charge in [0.2, 0.25) is 0 Å². The van der Waals surface area contributed by atoms with E-state index in [2.05, 4.69) is 21.2 Å². The summed E-state index contributed by atoms with van der Waals surface area (Å²) in [4.78, 5) is 12.2. The smallest absolute Gasteiger partial charge is 0.255 e. The lowest BCUT2D eigenvalue weighted by Gasteiger charge is -2.11. The minimum absolute atomic E-state index is 0.141. The Kier molecular flexibility index (Phi) is 5.31. The Bertz CT molecular complexity index is 649. The number of amides is 1. The summed E-state index contributed by atoms with van der Waals surface area (Å²) in [6.07, 6.45) is 2.34. The predicted molar refractivity (Wildman–Crippen MR) is 93.0 cm³/mol. The summed E-state index contributed by atoms with van der Waals surface area (Å²) in [5.74, 6) is 0.610. The van der Waals surface area contributed by atoms with Crippen LogP contribution in [0.4, 0.5) is 5.69 Å². The molecule has 5 heteroatoms. The minimum atomic E-state index is -0.141. The average molecular weight is 376 g/mol. The summed E-state index contributed by atoms with van der Waals surface area (Å²) in [5.41, 5.74) is 1.36. The number of hydrogen-bond donors (Lipinski definition) is 1. The summed E-state index contributed by atoms with van der Waals surface area (Å²) in [7, 11) is 0. The van der Waals surface area contributed by atoms with E-state index >= 15 is 0 Å². The van der Waals surface area contributed by atoms with Gasteiger partial charge in [-0.1, -0.05) is 15.9 Å². The Morgan fingerprint density at radius 3 is 2.57 bits per heavy atom. The van der Waals surface area contributed by atoms with Gasteiger partial charge in [0, 0.05) is 22.3 Å². The van der Waals surface area contributed by atoms with Gasteiger partial charge in [0.25, 0.3) is 5.91 Å². The average Bonchev–Trinajstić information content (AvgIpc) is 3.09. The van der Waals surface area contributed by atoms with Gasteiger partial charge in [-0.05, 0) is 61.4 Å². The largest absolute Gasteiger partial charge is 0.491 e. The highest BCUT2D eigenvalue weighted by Crippen LogP contribution is 2.18. The van der Waals surface area contributed by atoms with Crippen molar-refractivity contribution < 1.29 is 14.3 Å². The maximum absolute atomic E-state index is 12.2. The summed E-state index contributed by atoms with van der Waals surface area (Å²) < 4.78 is 12.2. The van der Waals surface area contributed by atoms with E-state index in [1.807, 2.05) is 36.4 Å². The van der Waals surface area contributed by atoms with Gasteiger partial charge in [-0.25, -0.2) is 0 Å². The third-order valence-electron chi connectivity index (χ3n) is 3.68. The van der Waals surface area contributed by atoms with Crippen LogP contribution in [0.15, 0.2) is 53.0 Å². The standard InChI is InChI=1S/C18H18BrNO3/c19-14-5-7-15(8-6-14)20-18(21)13-3-9-16(10-4-13)23-12-17-2-1-11-22-17/h3-10,17H,1-2,11-12H2,(H,20,21). The monoisotopic (exact) mass is 375 g/mol. The van der Waals surface area contributed by atoms with E-state index in [0.717, 1.165) is 35.4 Å². The first-order valence-corrected chi connectivity index (χ1v) is 8.41. The molecule has 1 N–H and O–H groups in total. The SMILES string of the molecule is O=C(Nc1ccc(Br)cc1)c1ccc(OCC2CCCO2)cc1. The fourth-order valence-electron chi connectivity index (χ4n) is 2.40. The molecule has 0 spiro atoms. The molecule has 4 nitrogen and oxygen atoms in total. The van der Waals surface area contributed by atoms with E-state index in [9.17, 15) is 4.79 Å². The Labute approximate surface area is 143 Å². The van der Waals surface area contributed by atoms with Crippen molar-refractivity contribution in [2.75, 3.05) is 18.5 Å². The molecule has 1 aliphatic heterocycles. The van der Waals surface area contributed by atoms with E-state index in [-0.39, 0.29) is 12.0 Å². The maximum Gasteiger partial charge on any atom is 0.255 e. The molecule has 1 unspecified atom stereocenters. The predicted octanol–water partition coefficient (Wildman–Crippen LogP) is 4.26. The van der Waals surface area contributed by atoms with Crippen molar-refractivity contribution in [1.29, 1.82) is 0 Å². The van der Waals surface area contributed by atoms with E-state index in [0.29, 0.717) is 12.2 Å². The number of anilines is 1. The van der Waals surface area contributed by atoms with Gasteiger partial charge in [-0.3, -0.25) is 4.79 Å². The van der Waals surface area contributed by atoms with Gasteiger partial charge in [0.15, 0.2) is 0 Å². The number of carbonyl (C=O) groups is 1. The van der Waals surface area contributed by atoms with Crippen LogP contribution >= 0.6 is 15.9 Å². The molecule has 0 aromatic heterocycles. The second kappa shape index (κ2) is 7.62. The number of carbonyl (C=O) groups excluding carboxylic acids is 1. The van der Waals surface area contributed by atoms with Crippen LogP contribution in [0.3, 0.4) is 0 Å². The Morgan fingerprint density at radius 1 is 1.17 bits per heavy atom. The molecule has 1 heterocycles. The van der Waals surface area contributed by atoms with Crippen LogP contribution in [-0.4, -0.2) is 25.2 Å². The molecule has 1 amide bonds. The Hall–Kier alpha value is -1.85. The molecule has 0 saturated carbocycles. The topological polar surface area (TPSA) is 47.6 Å². The molecular weight excluding hydrogens is 358 g/mol. The van der Waals surface area contributed by atoms with Crippen molar-refractivity contribution in [1.82, 2.24) is 0 Å². The molecular formula is C18H18BrNO3. The van der Waals surface area contributed by atoms with Crippen molar-refractivity contribution in [3.8, 4) is 5.75 Å². The number of nitrogens with one attached hydrogen (secondary N) is 1. The molecule has 1 fully saturated rings. The highest BCUT2D eigenvalue weighted by Gasteiger charge is 2.16. The van der Waals surface area contributed by atoms with Crippen LogP contribution in [0.2, 0.25) is 0 Å². The molecule has 2 aromatic carbocycles. The highest BCUT2D eigenvalue weighted by molar-refractivity contribution is 9.10. The lowest BCUT2D eigenvalue weighted by atomic mass is 10.2. The van der Waals surface area contributed by atoms with Crippen molar-refractivity contribution in [2.24, 2.45) is 0 Å². The van der Waals surface area contributed by atoms with Crippen LogP contribution in [-0.2, 0) is 4.74 Å². The van der Waals surface area contributed by atoms with Crippen molar-refractivity contribution in [3.63, 3.8) is 0 Å². The van der Waals surface area contributed by atoms with Gasteiger partial charge in [0.1, 0.15) is 12.4 Å². The molecule has 0 bridgehead atoms. The third kappa shape index (κ3) is 4.56. The van der Waals surface area contributed by atoms with Crippen LogP contribution in [0.25, 0.3) is 0 Å². The molecule has 120 valence electrons.